The SMILES string of the molecule is CCC(NCc1cc(Cl)ccc1OC)C1CCCCC1. The van der Waals surface area contributed by atoms with Gasteiger partial charge in [-0.2, -0.15) is 0 Å². The zero-order valence-corrected chi connectivity index (χ0v) is 13.4. The van der Waals surface area contributed by atoms with Crippen LogP contribution in [0.1, 0.15) is 51.0 Å². The van der Waals surface area contributed by atoms with Crippen LogP contribution in [0.25, 0.3) is 0 Å². The van der Waals surface area contributed by atoms with Crippen LogP contribution in [0.5, 0.6) is 5.75 Å². The maximum Gasteiger partial charge on any atom is 0.123 e. The van der Waals surface area contributed by atoms with E-state index in [1.54, 1.807) is 7.11 Å². The smallest absolute Gasteiger partial charge is 0.123 e. The van der Waals surface area contributed by atoms with Crippen LogP contribution in [0.4, 0.5) is 0 Å². The van der Waals surface area contributed by atoms with E-state index in [2.05, 4.69) is 12.2 Å². The van der Waals surface area contributed by atoms with Gasteiger partial charge in [-0.3, -0.25) is 0 Å². The van der Waals surface area contributed by atoms with Crippen molar-refractivity contribution >= 4 is 11.6 Å². The van der Waals surface area contributed by atoms with Gasteiger partial charge < -0.3 is 10.1 Å². The van der Waals surface area contributed by atoms with Crippen molar-refractivity contribution in [2.75, 3.05) is 7.11 Å². The summed E-state index contributed by atoms with van der Waals surface area (Å²) in [6.07, 6.45) is 8.13. The molecule has 1 N–H and O–H groups in total. The minimum Gasteiger partial charge on any atom is -0.496 e. The van der Waals surface area contributed by atoms with E-state index in [1.165, 1.54) is 38.5 Å². The van der Waals surface area contributed by atoms with Crippen molar-refractivity contribution in [3.8, 4) is 5.75 Å². The molecule has 1 unspecified atom stereocenters. The molecule has 1 saturated carbocycles. The quantitative estimate of drug-likeness (QED) is 0.814. The number of nitrogens with one attached hydrogen (secondary N) is 1. The fourth-order valence-electron chi connectivity index (χ4n) is 3.31. The fraction of sp³-hybridized carbons (Fsp3) is 0.647. The Bertz CT molecular complexity index is 415. The van der Waals surface area contributed by atoms with E-state index < -0.39 is 0 Å². The summed E-state index contributed by atoms with van der Waals surface area (Å²) < 4.78 is 5.41. The lowest BCUT2D eigenvalue weighted by atomic mass is 9.83. The van der Waals surface area contributed by atoms with Gasteiger partial charge in [-0.25, -0.2) is 0 Å². The van der Waals surface area contributed by atoms with Gasteiger partial charge >= 0.3 is 0 Å². The van der Waals surface area contributed by atoms with Gasteiger partial charge in [0.25, 0.3) is 0 Å². The second-order valence-corrected chi connectivity index (χ2v) is 6.19. The molecular formula is C17H26ClNO. The molecule has 1 aromatic carbocycles. The Labute approximate surface area is 127 Å². The van der Waals surface area contributed by atoms with Crippen LogP contribution < -0.4 is 10.1 Å². The van der Waals surface area contributed by atoms with E-state index in [0.29, 0.717) is 6.04 Å². The normalized spacial score (nSPS) is 17.9. The topological polar surface area (TPSA) is 21.3 Å². The van der Waals surface area contributed by atoms with Gasteiger partial charge in [0.15, 0.2) is 0 Å². The molecule has 20 heavy (non-hydrogen) atoms. The zero-order valence-electron chi connectivity index (χ0n) is 12.6. The van der Waals surface area contributed by atoms with Crippen molar-refractivity contribution in [2.24, 2.45) is 5.92 Å². The first kappa shape index (κ1) is 15.7. The third-order valence-corrected chi connectivity index (χ3v) is 4.69. The van der Waals surface area contributed by atoms with E-state index in [9.17, 15) is 0 Å². The number of hydrogen-bond acceptors (Lipinski definition) is 2. The summed E-state index contributed by atoms with van der Waals surface area (Å²) >= 11 is 6.09. The molecule has 1 atom stereocenters. The lowest BCUT2D eigenvalue weighted by Gasteiger charge is -2.30. The Hall–Kier alpha value is -0.730. The van der Waals surface area contributed by atoms with E-state index in [4.69, 9.17) is 16.3 Å². The Kier molecular flexibility index (Phi) is 6.18. The predicted molar refractivity (Wildman–Crippen MR) is 85.5 cm³/mol. The standard InChI is InChI=1S/C17H26ClNO/c1-3-16(13-7-5-4-6-8-13)19-12-14-11-15(18)9-10-17(14)20-2/h9-11,13,16,19H,3-8,12H2,1-2H3. The van der Waals surface area contributed by atoms with Gasteiger partial charge in [0.05, 0.1) is 7.11 Å². The third kappa shape index (κ3) is 4.13. The number of methoxy groups -OCH3 is 1. The number of halogens is 1. The predicted octanol–water partition coefficient (Wildman–Crippen LogP) is 4.80. The largest absolute Gasteiger partial charge is 0.496 e. The Morgan fingerprint density at radius 2 is 2.05 bits per heavy atom. The highest BCUT2D eigenvalue weighted by Crippen LogP contribution is 2.28. The molecule has 0 aromatic heterocycles. The molecule has 2 nitrogen and oxygen atoms in total. The van der Waals surface area contributed by atoms with Gasteiger partial charge in [0.1, 0.15) is 5.75 Å². The van der Waals surface area contributed by atoms with Gasteiger partial charge in [-0.05, 0) is 43.4 Å². The number of ether oxygens (including phenoxy) is 1. The molecule has 1 aliphatic carbocycles. The lowest BCUT2D eigenvalue weighted by Crippen LogP contribution is -2.36. The van der Waals surface area contributed by atoms with Crippen molar-refractivity contribution in [1.82, 2.24) is 5.32 Å². The Balaban J connectivity index is 1.97. The van der Waals surface area contributed by atoms with Crippen molar-refractivity contribution in [1.29, 1.82) is 0 Å². The summed E-state index contributed by atoms with van der Waals surface area (Å²) in [5.41, 5.74) is 1.15. The van der Waals surface area contributed by atoms with Crippen LogP contribution >= 0.6 is 11.6 Å². The number of benzene rings is 1. The van der Waals surface area contributed by atoms with Gasteiger partial charge in [0.2, 0.25) is 0 Å². The molecule has 0 aliphatic heterocycles. The average Bonchev–Trinajstić information content (AvgIpc) is 2.49. The fourth-order valence-corrected chi connectivity index (χ4v) is 3.50. The minimum atomic E-state index is 0.610. The molecule has 0 radical (unpaired) electrons. The molecule has 0 amide bonds. The van der Waals surface area contributed by atoms with Gasteiger partial charge in [-0.15, -0.1) is 0 Å². The molecule has 0 spiro atoms. The Morgan fingerprint density at radius 1 is 1.30 bits per heavy atom. The van der Waals surface area contributed by atoms with Crippen LogP contribution in [0, 0.1) is 5.92 Å². The highest BCUT2D eigenvalue weighted by atomic mass is 35.5. The highest BCUT2D eigenvalue weighted by molar-refractivity contribution is 6.30. The van der Waals surface area contributed by atoms with Crippen LogP contribution in [0.15, 0.2) is 18.2 Å². The molecule has 0 bridgehead atoms. The summed E-state index contributed by atoms with van der Waals surface area (Å²) in [5, 5.41) is 4.49. The van der Waals surface area contributed by atoms with Gasteiger partial charge in [0, 0.05) is 23.2 Å². The lowest BCUT2D eigenvalue weighted by molar-refractivity contribution is 0.261. The maximum absolute atomic E-state index is 6.09. The minimum absolute atomic E-state index is 0.610. The van der Waals surface area contributed by atoms with Crippen molar-refractivity contribution < 1.29 is 4.74 Å². The zero-order chi connectivity index (χ0) is 14.4. The van der Waals surface area contributed by atoms with E-state index >= 15 is 0 Å². The van der Waals surface area contributed by atoms with Crippen LogP contribution in [-0.2, 0) is 6.54 Å². The summed E-state index contributed by atoms with van der Waals surface area (Å²) in [6, 6.07) is 6.43. The number of rotatable bonds is 6. The van der Waals surface area contributed by atoms with Crippen molar-refractivity contribution in [3.63, 3.8) is 0 Å². The average molecular weight is 296 g/mol. The molecule has 0 saturated heterocycles. The van der Waals surface area contributed by atoms with Crippen LogP contribution in [0.3, 0.4) is 0 Å². The second kappa shape index (κ2) is 7.90. The van der Waals surface area contributed by atoms with Crippen LogP contribution in [0.2, 0.25) is 5.02 Å². The van der Waals surface area contributed by atoms with Crippen molar-refractivity contribution in [2.45, 2.75) is 58.0 Å². The summed E-state index contributed by atoms with van der Waals surface area (Å²) in [4.78, 5) is 0. The third-order valence-electron chi connectivity index (χ3n) is 4.46. The molecule has 1 aromatic rings. The molecule has 112 valence electrons. The second-order valence-electron chi connectivity index (χ2n) is 5.75. The van der Waals surface area contributed by atoms with Crippen LogP contribution in [-0.4, -0.2) is 13.2 Å². The summed E-state index contributed by atoms with van der Waals surface area (Å²) in [5.74, 6) is 1.75. The van der Waals surface area contributed by atoms with E-state index in [1.807, 2.05) is 18.2 Å². The first-order chi connectivity index (χ1) is 9.74. The molecule has 3 heteroatoms. The molecule has 1 fully saturated rings. The summed E-state index contributed by atoms with van der Waals surface area (Å²) in [6.45, 7) is 3.11. The van der Waals surface area contributed by atoms with Gasteiger partial charge in [-0.1, -0.05) is 37.8 Å². The maximum atomic E-state index is 6.09. The molecule has 0 heterocycles. The van der Waals surface area contributed by atoms with E-state index in [-0.39, 0.29) is 0 Å². The highest BCUT2D eigenvalue weighted by Gasteiger charge is 2.22. The number of hydrogen-bond donors (Lipinski definition) is 1. The molecule has 2 rings (SSSR count). The van der Waals surface area contributed by atoms with Crippen molar-refractivity contribution in [3.05, 3.63) is 28.8 Å². The summed E-state index contributed by atoms with van der Waals surface area (Å²) in [7, 11) is 1.71. The Morgan fingerprint density at radius 3 is 2.70 bits per heavy atom. The molecular weight excluding hydrogens is 270 g/mol. The first-order valence-electron chi connectivity index (χ1n) is 7.80. The first-order valence-corrected chi connectivity index (χ1v) is 8.18. The van der Waals surface area contributed by atoms with E-state index in [0.717, 1.165) is 28.8 Å². The monoisotopic (exact) mass is 295 g/mol. The molecule has 1 aliphatic rings.